The Morgan fingerprint density at radius 3 is 2.43 bits per heavy atom. The van der Waals surface area contributed by atoms with Crippen molar-refractivity contribution >= 4 is 17.5 Å². The molecule has 0 saturated heterocycles. The largest absolute Gasteiger partial charge is 0.493 e. The first-order chi connectivity index (χ1) is 16.9. The molecule has 3 aromatic rings. The van der Waals surface area contributed by atoms with Crippen molar-refractivity contribution in [1.29, 1.82) is 0 Å². The van der Waals surface area contributed by atoms with Crippen LogP contribution in [0.25, 0.3) is 0 Å². The van der Waals surface area contributed by atoms with Gasteiger partial charge in [0.2, 0.25) is 0 Å². The molecular formula is C28H31N3O4. The highest BCUT2D eigenvalue weighted by Crippen LogP contribution is 2.28. The first-order valence-electron chi connectivity index (χ1n) is 11.6. The molecule has 2 N–H and O–H groups in total. The van der Waals surface area contributed by atoms with Crippen LogP contribution in [0.15, 0.2) is 60.7 Å². The predicted octanol–water partition coefficient (Wildman–Crippen LogP) is 4.44. The zero-order valence-electron chi connectivity index (χ0n) is 20.6. The van der Waals surface area contributed by atoms with Crippen LogP contribution in [0.5, 0.6) is 11.5 Å². The van der Waals surface area contributed by atoms with Crippen molar-refractivity contribution in [2.75, 3.05) is 33.1 Å². The summed E-state index contributed by atoms with van der Waals surface area (Å²) in [5.41, 5.74) is 5.19. The quantitative estimate of drug-likeness (QED) is 0.531. The number of likely N-dealkylation sites (N-methyl/N-ethyl adjacent to an activating group) is 1. The third-order valence-electron chi connectivity index (χ3n) is 6.31. The number of nitrogens with zero attached hydrogens (tertiary/aromatic N) is 1. The summed E-state index contributed by atoms with van der Waals surface area (Å²) < 4.78 is 10.5. The molecule has 2 amide bonds. The molecular weight excluding hydrogens is 442 g/mol. The van der Waals surface area contributed by atoms with Gasteiger partial charge < -0.3 is 25.0 Å². The lowest BCUT2D eigenvalue weighted by Crippen LogP contribution is -2.27. The molecule has 4 rings (SSSR count). The van der Waals surface area contributed by atoms with E-state index < -0.39 is 0 Å². The van der Waals surface area contributed by atoms with Crippen LogP contribution in [-0.2, 0) is 13.0 Å². The van der Waals surface area contributed by atoms with Crippen LogP contribution in [0.4, 0.5) is 5.69 Å². The Kier molecular flexibility index (Phi) is 7.36. The van der Waals surface area contributed by atoms with Gasteiger partial charge in [-0.3, -0.25) is 9.59 Å². The lowest BCUT2D eigenvalue weighted by atomic mass is 9.99. The number of anilines is 1. The number of hydrogen-bond acceptors (Lipinski definition) is 5. The summed E-state index contributed by atoms with van der Waals surface area (Å²) in [5.74, 6) is 0.615. The van der Waals surface area contributed by atoms with E-state index in [4.69, 9.17) is 9.47 Å². The minimum absolute atomic E-state index is 0.186. The molecule has 0 aliphatic carbocycles. The fourth-order valence-electron chi connectivity index (χ4n) is 4.27. The van der Waals surface area contributed by atoms with Gasteiger partial charge in [-0.1, -0.05) is 18.2 Å². The van der Waals surface area contributed by atoms with Crippen molar-refractivity contribution in [2.45, 2.75) is 25.9 Å². The molecule has 0 bridgehead atoms. The second kappa shape index (κ2) is 10.6. The lowest BCUT2D eigenvalue weighted by molar-refractivity contribution is 0.0939. The number of hydrogen-bond donors (Lipinski definition) is 2. The highest BCUT2D eigenvalue weighted by molar-refractivity contribution is 6.04. The highest BCUT2D eigenvalue weighted by Gasteiger charge is 2.17. The number of fused-ring (bicyclic) bond motifs is 1. The number of carbonyl (C=O) groups excluding carboxylic acids is 2. The van der Waals surface area contributed by atoms with E-state index in [1.54, 1.807) is 37.4 Å². The van der Waals surface area contributed by atoms with Gasteiger partial charge >= 0.3 is 0 Å². The van der Waals surface area contributed by atoms with Crippen molar-refractivity contribution in [3.8, 4) is 11.5 Å². The van der Waals surface area contributed by atoms with Gasteiger partial charge in [0.05, 0.1) is 20.3 Å². The van der Waals surface area contributed by atoms with Crippen molar-refractivity contribution in [1.82, 2.24) is 10.2 Å². The third-order valence-corrected chi connectivity index (χ3v) is 6.31. The summed E-state index contributed by atoms with van der Waals surface area (Å²) in [4.78, 5) is 28.0. The number of methoxy groups -OCH3 is 2. The molecule has 1 atom stereocenters. The number of rotatable bonds is 7. The van der Waals surface area contributed by atoms with Gasteiger partial charge in [-0.2, -0.15) is 0 Å². The number of nitrogens with one attached hydrogen (secondary N) is 2. The van der Waals surface area contributed by atoms with Crippen molar-refractivity contribution in [3.05, 3.63) is 88.5 Å². The van der Waals surface area contributed by atoms with E-state index in [1.165, 1.54) is 18.2 Å². The summed E-state index contributed by atoms with van der Waals surface area (Å²) in [6, 6.07) is 18.1. The molecule has 0 spiro atoms. The van der Waals surface area contributed by atoms with Crippen LogP contribution in [0, 0.1) is 0 Å². The van der Waals surface area contributed by atoms with Gasteiger partial charge in [-0.15, -0.1) is 0 Å². The number of amides is 2. The van der Waals surface area contributed by atoms with Crippen molar-refractivity contribution < 1.29 is 19.1 Å². The van der Waals surface area contributed by atoms with Crippen LogP contribution in [0.2, 0.25) is 0 Å². The Morgan fingerprint density at radius 2 is 1.66 bits per heavy atom. The van der Waals surface area contributed by atoms with E-state index in [1.807, 2.05) is 25.1 Å². The smallest absolute Gasteiger partial charge is 0.255 e. The van der Waals surface area contributed by atoms with Gasteiger partial charge in [-0.05, 0) is 79.5 Å². The first kappa shape index (κ1) is 24.3. The van der Waals surface area contributed by atoms with Crippen LogP contribution in [-0.4, -0.2) is 44.5 Å². The molecule has 1 aliphatic rings. The molecule has 0 radical (unpaired) electrons. The monoisotopic (exact) mass is 473 g/mol. The van der Waals surface area contributed by atoms with Crippen LogP contribution < -0.4 is 20.1 Å². The number of benzene rings is 3. The Balaban J connectivity index is 1.44. The maximum absolute atomic E-state index is 13.0. The minimum atomic E-state index is -0.303. The van der Waals surface area contributed by atoms with Crippen LogP contribution in [0.1, 0.15) is 50.4 Å². The van der Waals surface area contributed by atoms with Gasteiger partial charge in [-0.25, -0.2) is 0 Å². The average Bonchev–Trinajstić information content (AvgIpc) is 2.87. The van der Waals surface area contributed by atoms with E-state index >= 15 is 0 Å². The van der Waals surface area contributed by atoms with Crippen LogP contribution >= 0.6 is 0 Å². The molecule has 182 valence electrons. The molecule has 7 nitrogen and oxygen atoms in total. The zero-order valence-corrected chi connectivity index (χ0v) is 20.6. The third kappa shape index (κ3) is 5.63. The van der Waals surface area contributed by atoms with Gasteiger partial charge in [0.1, 0.15) is 0 Å². The van der Waals surface area contributed by atoms with Crippen LogP contribution in [0.3, 0.4) is 0 Å². The summed E-state index contributed by atoms with van der Waals surface area (Å²) in [7, 11) is 5.18. The maximum Gasteiger partial charge on any atom is 0.255 e. The molecule has 0 aromatic heterocycles. The Hall–Kier alpha value is -3.84. The predicted molar refractivity (Wildman–Crippen MR) is 136 cm³/mol. The zero-order chi connectivity index (χ0) is 24.9. The number of ether oxygens (including phenoxy) is 2. The normalized spacial score (nSPS) is 13.9. The van der Waals surface area contributed by atoms with Crippen molar-refractivity contribution in [2.24, 2.45) is 0 Å². The maximum atomic E-state index is 13.0. The molecule has 0 fully saturated rings. The second-order valence-corrected chi connectivity index (χ2v) is 8.82. The van der Waals surface area contributed by atoms with Gasteiger partial charge in [0.25, 0.3) is 11.8 Å². The Bertz CT molecular complexity index is 1240. The average molecular weight is 474 g/mol. The topological polar surface area (TPSA) is 79.9 Å². The SMILES string of the molecule is COc1ccc(C(=O)N[C@H](C)c2cccc(C(=O)Nc3ccc4c(c3)CN(C)CC4)c2)cc1OC. The Morgan fingerprint density at radius 1 is 0.886 bits per heavy atom. The summed E-state index contributed by atoms with van der Waals surface area (Å²) in [6.45, 7) is 3.81. The first-order valence-corrected chi connectivity index (χ1v) is 11.6. The number of carbonyl (C=O) groups is 2. The minimum Gasteiger partial charge on any atom is -0.493 e. The molecule has 0 saturated carbocycles. The summed E-state index contributed by atoms with van der Waals surface area (Å²) in [5, 5.41) is 5.99. The van der Waals surface area contributed by atoms with E-state index in [-0.39, 0.29) is 17.9 Å². The standard InChI is InChI=1S/C28H31N3O4/c1-18(29-27(32)22-9-11-25(34-3)26(16-22)35-4)20-6-5-7-21(14-20)28(33)30-24-10-8-19-12-13-31(2)17-23(19)15-24/h5-11,14-16,18H,12-13,17H2,1-4H3,(H,29,32)(H,30,33)/t18-/m1/s1. The molecule has 0 unspecified atom stereocenters. The van der Waals surface area contributed by atoms with Gasteiger partial charge in [0.15, 0.2) is 11.5 Å². The molecule has 35 heavy (non-hydrogen) atoms. The van der Waals surface area contributed by atoms with E-state index in [2.05, 4.69) is 34.7 Å². The molecule has 1 aliphatic heterocycles. The fraction of sp³-hybridized carbons (Fsp3) is 0.286. The van der Waals surface area contributed by atoms with Gasteiger partial charge in [0, 0.05) is 29.9 Å². The molecule has 7 heteroatoms. The summed E-state index contributed by atoms with van der Waals surface area (Å²) >= 11 is 0. The Labute approximate surface area is 206 Å². The summed E-state index contributed by atoms with van der Waals surface area (Å²) in [6.07, 6.45) is 1.02. The van der Waals surface area contributed by atoms with E-state index in [0.29, 0.717) is 22.6 Å². The lowest BCUT2D eigenvalue weighted by Gasteiger charge is -2.25. The fourth-order valence-corrected chi connectivity index (χ4v) is 4.27. The highest BCUT2D eigenvalue weighted by atomic mass is 16.5. The van der Waals surface area contributed by atoms with E-state index in [0.717, 1.165) is 30.8 Å². The van der Waals surface area contributed by atoms with E-state index in [9.17, 15) is 9.59 Å². The van der Waals surface area contributed by atoms with Crippen molar-refractivity contribution in [3.63, 3.8) is 0 Å². The molecule has 3 aromatic carbocycles. The second-order valence-electron chi connectivity index (χ2n) is 8.82. The molecule has 1 heterocycles.